The molecule has 170 valence electrons. The molecule has 3 aromatic carbocycles. The molecule has 0 amide bonds. The Bertz CT molecular complexity index is 1480. The van der Waals surface area contributed by atoms with E-state index in [-0.39, 0.29) is 0 Å². The molecular weight excluding hydrogens is 438 g/mol. The van der Waals surface area contributed by atoms with Crippen LogP contribution in [0, 0.1) is 0 Å². The number of nitrogens with zero attached hydrogens (tertiary/aromatic N) is 3. The molecule has 0 radical (unpaired) electrons. The maximum Gasteiger partial charge on any atom is 0.0715 e. The second-order valence-electron chi connectivity index (χ2n) is 8.47. The predicted octanol–water partition coefficient (Wildman–Crippen LogP) is 8.21. The third-order valence-electron chi connectivity index (χ3n) is 6.26. The highest BCUT2D eigenvalue weighted by molar-refractivity contribution is 6.05. The minimum Gasteiger partial charge on any atom is -0.256 e. The van der Waals surface area contributed by atoms with Crippen molar-refractivity contribution in [1.29, 1.82) is 0 Å². The normalized spacial score (nSPS) is 10.8. The van der Waals surface area contributed by atoms with Gasteiger partial charge in [0.05, 0.1) is 17.1 Å². The van der Waals surface area contributed by atoms with E-state index in [4.69, 9.17) is 15.0 Å². The Morgan fingerprint density at radius 1 is 0.333 bits per heavy atom. The highest BCUT2D eigenvalue weighted by atomic mass is 14.7. The second kappa shape index (κ2) is 9.77. The van der Waals surface area contributed by atoms with Gasteiger partial charge in [-0.3, -0.25) is 15.0 Å². The van der Waals surface area contributed by atoms with Crippen LogP contribution in [-0.4, -0.2) is 15.0 Å². The summed E-state index contributed by atoms with van der Waals surface area (Å²) in [5, 5.41) is 0. The standard InChI is InChI=1S/C33H23N3/c1-3-13-24(14-4-1)26-23-27(28-17-7-10-20-34-28)31(25-15-5-2-6-16-25)33(30-19-9-12-22-36-30)32(26)29-18-8-11-21-35-29/h1-23H. The van der Waals surface area contributed by atoms with Crippen molar-refractivity contribution in [3.8, 4) is 56.0 Å². The van der Waals surface area contributed by atoms with E-state index in [0.29, 0.717) is 0 Å². The zero-order chi connectivity index (χ0) is 24.2. The predicted molar refractivity (Wildman–Crippen MR) is 147 cm³/mol. The van der Waals surface area contributed by atoms with Gasteiger partial charge in [-0.15, -0.1) is 0 Å². The van der Waals surface area contributed by atoms with Crippen molar-refractivity contribution >= 4 is 0 Å². The lowest BCUT2D eigenvalue weighted by Crippen LogP contribution is -2.00. The first kappa shape index (κ1) is 21.6. The molecule has 3 heterocycles. The number of pyridine rings is 3. The molecular formula is C33H23N3. The van der Waals surface area contributed by atoms with Gasteiger partial charge in [-0.2, -0.15) is 0 Å². The number of hydrogen-bond donors (Lipinski definition) is 0. The van der Waals surface area contributed by atoms with E-state index in [9.17, 15) is 0 Å². The molecule has 0 atom stereocenters. The van der Waals surface area contributed by atoms with E-state index >= 15 is 0 Å². The van der Waals surface area contributed by atoms with Crippen LogP contribution in [0.1, 0.15) is 0 Å². The fourth-order valence-electron chi connectivity index (χ4n) is 4.70. The van der Waals surface area contributed by atoms with Crippen LogP contribution in [-0.2, 0) is 0 Å². The Morgan fingerprint density at radius 3 is 1.33 bits per heavy atom. The fraction of sp³-hybridized carbons (Fsp3) is 0. The van der Waals surface area contributed by atoms with Gasteiger partial charge in [0.2, 0.25) is 0 Å². The first-order valence-electron chi connectivity index (χ1n) is 12.0. The number of aromatic nitrogens is 3. The third kappa shape index (κ3) is 4.08. The van der Waals surface area contributed by atoms with Crippen LogP contribution in [0.25, 0.3) is 56.0 Å². The van der Waals surface area contributed by atoms with E-state index in [1.165, 1.54) is 0 Å². The molecule has 0 bridgehead atoms. The van der Waals surface area contributed by atoms with Crippen LogP contribution in [0.15, 0.2) is 140 Å². The minimum atomic E-state index is 0.895. The molecule has 6 aromatic rings. The summed E-state index contributed by atoms with van der Waals surface area (Å²) in [6, 6.07) is 41.4. The van der Waals surface area contributed by atoms with Gasteiger partial charge in [0.25, 0.3) is 0 Å². The zero-order valence-electron chi connectivity index (χ0n) is 19.6. The molecule has 0 spiro atoms. The van der Waals surface area contributed by atoms with E-state index in [1.54, 1.807) is 0 Å². The van der Waals surface area contributed by atoms with Crippen LogP contribution in [0.4, 0.5) is 0 Å². The van der Waals surface area contributed by atoms with Gasteiger partial charge in [0.1, 0.15) is 0 Å². The Hall–Kier alpha value is -4.89. The van der Waals surface area contributed by atoms with Crippen molar-refractivity contribution in [3.05, 3.63) is 140 Å². The quantitative estimate of drug-likeness (QED) is 0.260. The molecule has 0 unspecified atom stereocenters. The molecule has 3 aromatic heterocycles. The van der Waals surface area contributed by atoms with Gasteiger partial charge in [-0.05, 0) is 59.2 Å². The molecule has 0 N–H and O–H groups in total. The van der Waals surface area contributed by atoms with E-state index in [1.807, 2.05) is 67.1 Å². The Kier molecular flexibility index (Phi) is 5.87. The van der Waals surface area contributed by atoms with Crippen LogP contribution < -0.4 is 0 Å². The lowest BCUT2D eigenvalue weighted by atomic mass is 9.82. The topological polar surface area (TPSA) is 38.7 Å². The molecule has 0 saturated carbocycles. The van der Waals surface area contributed by atoms with E-state index in [0.717, 1.165) is 56.0 Å². The number of rotatable bonds is 5. The van der Waals surface area contributed by atoms with Crippen molar-refractivity contribution in [2.45, 2.75) is 0 Å². The maximum atomic E-state index is 4.84. The highest BCUT2D eigenvalue weighted by Crippen LogP contribution is 2.48. The largest absolute Gasteiger partial charge is 0.256 e. The van der Waals surface area contributed by atoms with E-state index < -0.39 is 0 Å². The average molecular weight is 462 g/mol. The SMILES string of the molecule is c1ccc(-c2cc(-c3ccccn3)c(-c3ccccc3)c(-c3ccccn3)c2-c2ccccn2)cc1. The molecule has 0 aliphatic carbocycles. The monoisotopic (exact) mass is 461 g/mol. The van der Waals surface area contributed by atoms with Gasteiger partial charge in [-0.25, -0.2) is 0 Å². The van der Waals surface area contributed by atoms with Gasteiger partial charge in [-0.1, -0.05) is 78.9 Å². The molecule has 3 heteroatoms. The smallest absolute Gasteiger partial charge is 0.0715 e. The maximum absolute atomic E-state index is 4.84. The lowest BCUT2D eigenvalue weighted by molar-refractivity contribution is 1.29. The first-order chi connectivity index (χ1) is 17.9. The highest BCUT2D eigenvalue weighted by Gasteiger charge is 2.25. The first-order valence-corrected chi connectivity index (χ1v) is 12.0. The van der Waals surface area contributed by atoms with Crippen molar-refractivity contribution in [2.24, 2.45) is 0 Å². The molecule has 6 rings (SSSR count). The zero-order valence-corrected chi connectivity index (χ0v) is 19.6. The summed E-state index contributed by atoms with van der Waals surface area (Å²) in [7, 11) is 0. The Balaban J connectivity index is 1.84. The molecule has 0 fully saturated rings. The van der Waals surface area contributed by atoms with Crippen LogP contribution in [0.2, 0.25) is 0 Å². The molecule has 0 aliphatic heterocycles. The molecule has 36 heavy (non-hydrogen) atoms. The summed E-state index contributed by atoms with van der Waals surface area (Å²) in [4.78, 5) is 14.4. The van der Waals surface area contributed by atoms with Gasteiger partial charge in [0.15, 0.2) is 0 Å². The fourth-order valence-corrected chi connectivity index (χ4v) is 4.70. The average Bonchev–Trinajstić information content (AvgIpc) is 2.98. The van der Waals surface area contributed by atoms with Crippen molar-refractivity contribution in [1.82, 2.24) is 15.0 Å². The molecule has 0 aliphatic rings. The summed E-state index contributed by atoms with van der Waals surface area (Å²) in [5.74, 6) is 0. The van der Waals surface area contributed by atoms with Crippen LogP contribution >= 0.6 is 0 Å². The number of hydrogen-bond acceptors (Lipinski definition) is 3. The van der Waals surface area contributed by atoms with E-state index in [2.05, 4.69) is 72.8 Å². The number of benzene rings is 3. The summed E-state index contributed by atoms with van der Waals surface area (Å²) in [6.45, 7) is 0. The summed E-state index contributed by atoms with van der Waals surface area (Å²) < 4.78 is 0. The summed E-state index contributed by atoms with van der Waals surface area (Å²) in [6.07, 6.45) is 5.54. The Morgan fingerprint density at radius 2 is 0.806 bits per heavy atom. The molecule has 0 saturated heterocycles. The van der Waals surface area contributed by atoms with Crippen molar-refractivity contribution in [2.75, 3.05) is 0 Å². The Labute approximate surface area is 210 Å². The van der Waals surface area contributed by atoms with Crippen molar-refractivity contribution in [3.63, 3.8) is 0 Å². The van der Waals surface area contributed by atoms with Gasteiger partial charge in [0, 0.05) is 40.8 Å². The summed E-state index contributed by atoms with van der Waals surface area (Å²) >= 11 is 0. The summed E-state index contributed by atoms with van der Waals surface area (Å²) in [5.41, 5.74) is 10.3. The van der Waals surface area contributed by atoms with Crippen LogP contribution in [0.3, 0.4) is 0 Å². The van der Waals surface area contributed by atoms with Gasteiger partial charge >= 0.3 is 0 Å². The van der Waals surface area contributed by atoms with Gasteiger partial charge < -0.3 is 0 Å². The van der Waals surface area contributed by atoms with Crippen molar-refractivity contribution < 1.29 is 0 Å². The minimum absolute atomic E-state index is 0.895. The second-order valence-corrected chi connectivity index (χ2v) is 8.47. The molecule has 3 nitrogen and oxygen atoms in total. The third-order valence-corrected chi connectivity index (χ3v) is 6.26. The lowest BCUT2D eigenvalue weighted by Gasteiger charge is -2.23. The van der Waals surface area contributed by atoms with Crippen LogP contribution in [0.5, 0.6) is 0 Å².